The predicted octanol–water partition coefficient (Wildman–Crippen LogP) is 3.03. The number of hydrogen-bond acceptors (Lipinski definition) is 4. The first-order chi connectivity index (χ1) is 14.5. The summed E-state index contributed by atoms with van der Waals surface area (Å²) in [5.41, 5.74) is 20.0. The van der Waals surface area contributed by atoms with Crippen molar-refractivity contribution in [2.24, 2.45) is 14.1 Å². The number of nitrogens with two attached hydrogens (primary N) is 2. The van der Waals surface area contributed by atoms with E-state index in [0.717, 1.165) is 50.6 Å². The van der Waals surface area contributed by atoms with E-state index in [4.69, 9.17) is 11.5 Å². The summed E-state index contributed by atoms with van der Waals surface area (Å²) >= 11 is 0. The van der Waals surface area contributed by atoms with Gasteiger partial charge in [-0.1, -0.05) is 18.2 Å². The number of nitrogen functional groups attached to an aromatic ring is 2. The van der Waals surface area contributed by atoms with Crippen LogP contribution in [0.25, 0.3) is 33.6 Å². The molecule has 0 unspecified atom stereocenters. The topological polar surface area (TPSA) is 96.5 Å². The molecule has 30 heavy (non-hydrogen) atoms. The summed E-state index contributed by atoms with van der Waals surface area (Å²) in [6.07, 6.45) is 0.680. The van der Waals surface area contributed by atoms with Crippen molar-refractivity contribution in [2.45, 2.75) is 13.3 Å². The monoisotopic (exact) mass is 398 g/mol. The molecule has 0 fully saturated rings. The molecule has 8 nitrogen and oxygen atoms in total. The molecular weight excluding hydrogens is 376 g/mol. The number of anilines is 2. The van der Waals surface area contributed by atoms with Gasteiger partial charge in [-0.3, -0.25) is 8.80 Å². The van der Waals surface area contributed by atoms with Crippen LogP contribution in [0.5, 0.6) is 0 Å². The number of rotatable bonds is 2. The summed E-state index contributed by atoms with van der Waals surface area (Å²) in [6, 6.07) is 14.7. The molecule has 0 aliphatic carbocycles. The fourth-order valence-electron chi connectivity index (χ4n) is 4.58. The van der Waals surface area contributed by atoms with Crippen molar-refractivity contribution in [3.8, 4) is 0 Å². The van der Waals surface area contributed by atoms with Crippen molar-refractivity contribution in [1.82, 2.24) is 27.9 Å². The Kier molecular flexibility index (Phi) is 3.15. The van der Waals surface area contributed by atoms with E-state index in [-0.39, 0.29) is 0 Å². The van der Waals surface area contributed by atoms with Gasteiger partial charge in [0.15, 0.2) is 0 Å². The molecule has 0 saturated heterocycles. The van der Waals surface area contributed by atoms with Gasteiger partial charge >= 0.3 is 0 Å². The van der Waals surface area contributed by atoms with E-state index in [0.29, 0.717) is 18.1 Å². The fraction of sp³-hybridized carbons (Fsp3) is 0.182. The molecule has 6 rings (SSSR count). The second-order valence-corrected chi connectivity index (χ2v) is 7.90. The lowest BCUT2D eigenvalue weighted by molar-refractivity contribution is 0.958. The summed E-state index contributed by atoms with van der Waals surface area (Å²) < 4.78 is 8.32. The van der Waals surface area contributed by atoms with Crippen LogP contribution in [0, 0.1) is 6.92 Å². The van der Waals surface area contributed by atoms with Crippen molar-refractivity contribution in [3.63, 3.8) is 0 Å². The second-order valence-electron chi connectivity index (χ2n) is 7.90. The molecule has 0 aliphatic heterocycles. The number of fused-ring (bicyclic) bond motifs is 6. The summed E-state index contributed by atoms with van der Waals surface area (Å²) in [5, 5.41) is 0. The largest absolute Gasteiger partial charge is 0.383 e. The Bertz CT molecular complexity index is 1620. The van der Waals surface area contributed by atoms with Gasteiger partial charge in [-0.05, 0) is 36.8 Å². The highest BCUT2D eigenvalue weighted by Crippen LogP contribution is 2.29. The normalized spacial score (nSPS) is 12.2. The minimum absolute atomic E-state index is 0.563. The van der Waals surface area contributed by atoms with E-state index in [9.17, 15) is 0 Å². The number of hydrogen-bond donors (Lipinski definition) is 2. The van der Waals surface area contributed by atoms with Gasteiger partial charge in [0.05, 0.1) is 33.5 Å². The van der Waals surface area contributed by atoms with E-state index in [2.05, 4.69) is 53.8 Å². The van der Waals surface area contributed by atoms with E-state index in [1.54, 1.807) is 0 Å². The summed E-state index contributed by atoms with van der Waals surface area (Å²) in [5.74, 6) is 2.94. The molecular formula is C22H22N8. The van der Waals surface area contributed by atoms with E-state index in [1.165, 1.54) is 0 Å². The van der Waals surface area contributed by atoms with Gasteiger partial charge in [0.25, 0.3) is 0 Å². The number of aromatic nitrogens is 6. The highest BCUT2D eigenvalue weighted by atomic mass is 15.2. The van der Waals surface area contributed by atoms with Crippen molar-refractivity contribution in [3.05, 3.63) is 59.4 Å². The molecule has 4 aromatic heterocycles. The van der Waals surface area contributed by atoms with Crippen LogP contribution in [0.15, 0.2) is 42.5 Å². The van der Waals surface area contributed by atoms with Gasteiger partial charge in [-0.25, -0.2) is 4.98 Å². The third kappa shape index (κ3) is 2.00. The fourth-order valence-corrected chi connectivity index (χ4v) is 4.58. The Balaban J connectivity index is 1.55. The zero-order chi connectivity index (χ0) is 20.7. The lowest BCUT2D eigenvalue weighted by Gasteiger charge is -2.05. The molecule has 0 amide bonds. The van der Waals surface area contributed by atoms with Crippen molar-refractivity contribution < 1.29 is 0 Å². The van der Waals surface area contributed by atoms with E-state index < -0.39 is 0 Å². The number of para-hydroxylation sites is 2. The van der Waals surface area contributed by atoms with Gasteiger partial charge in [0.2, 0.25) is 11.6 Å². The maximum atomic E-state index is 6.35. The zero-order valence-corrected chi connectivity index (χ0v) is 17.1. The third-order valence-corrected chi connectivity index (χ3v) is 6.16. The molecule has 0 atom stereocenters. The molecule has 0 saturated carbocycles. The highest BCUT2D eigenvalue weighted by molar-refractivity contribution is 5.85. The molecule has 8 heteroatoms. The Morgan fingerprint density at radius 3 is 2.27 bits per heavy atom. The predicted molar refractivity (Wildman–Crippen MR) is 120 cm³/mol. The van der Waals surface area contributed by atoms with Gasteiger partial charge in [-0.2, -0.15) is 4.98 Å². The van der Waals surface area contributed by atoms with Gasteiger partial charge in [-0.15, -0.1) is 0 Å². The van der Waals surface area contributed by atoms with E-state index >= 15 is 0 Å². The number of benzene rings is 2. The van der Waals surface area contributed by atoms with E-state index in [1.807, 2.05) is 37.6 Å². The zero-order valence-electron chi connectivity index (χ0n) is 17.1. The van der Waals surface area contributed by atoms with Crippen LogP contribution in [0.2, 0.25) is 0 Å². The molecule has 4 heterocycles. The van der Waals surface area contributed by atoms with Crippen LogP contribution in [-0.4, -0.2) is 27.9 Å². The maximum absolute atomic E-state index is 6.35. The number of imidazole rings is 4. The first kappa shape index (κ1) is 17.0. The average molecular weight is 398 g/mol. The third-order valence-electron chi connectivity index (χ3n) is 6.16. The Morgan fingerprint density at radius 2 is 1.47 bits per heavy atom. The Morgan fingerprint density at radius 1 is 0.800 bits per heavy atom. The molecule has 0 aliphatic rings. The van der Waals surface area contributed by atoms with Crippen molar-refractivity contribution in [2.75, 3.05) is 11.5 Å². The van der Waals surface area contributed by atoms with Crippen LogP contribution in [0.1, 0.15) is 17.0 Å². The lowest BCUT2D eigenvalue weighted by Crippen LogP contribution is -1.99. The number of aryl methyl sites for hydroxylation is 3. The SMILES string of the molecule is Cc1nc2n(C)c3cc(Cc4c(N)nc5n(C)c6ccccc6n45)ccc3n2c1N. The molecule has 0 bridgehead atoms. The molecule has 6 aromatic rings. The second kappa shape index (κ2) is 5.56. The molecule has 0 spiro atoms. The first-order valence-corrected chi connectivity index (χ1v) is 9.87. The highest BCUT2D eigenvalue weighted by Gasteiger charge is 2.19. The van der Waals surface area contributed by atoms with Crippen LogP contribution in [-0.2, 0) is 20.5 Å². The Hall–Kier alpha value is -3.94. The molecule has 0 radical (unpaired) electrons. The maximum Gasteiger partial charge on any atom is 0.216 e. The van der Waals surface area contributed by atoms with Crippen LogP contribution in [0.3, 0.4) is 0 Å². The van der Waals surface area contributed by atoms with Crippen molar-refractivity contribution >= 4 is 45.3 Å². The quantitative estimate of drug-likeness (QED) is 0.469. The van der Waals surface area contributed by atoms with Crippen LogP contribution < -0.4 is 11.5 Å². The first-order valence-electron chi connectivity index (χ1n) is 9.87. The van der Waals surface area contributed by atoms with Crippen molar-refractivity contribution in [1.29, 1.82) is 0 Å². The van der Waals surface area contributed by atoms with Crippen LogP contribution >= 0.6 is 0 Å². The minimum atomic E-state index is 0.563. The Labute approximate surface area is 172 Å². The van der Waals surface area contributed by atoms with Gasteiger partial charge in [0.1, 0.15) is 11.6 Å². The summed E-state index contributed by atoms with van der Waals surface area (Å²) in [7, 11) is 4.04. The summed E-state index contributed by atoms with van der Waals surface area (Å²) in [4.78, 5) is 9.25. The van der Waals surface area contributed by atoms with Crippen LogP contribution in [0.4, 0.5) is 11.6 Å². The van der Waals surface area contributed by atoms with Gasteiger partial charge in [0, 0.05) is 20.5 Å². The molecule has 150 valence electrons. The number of nitrogens with zero attached hydrogens (tertiary/aromatic N) is 6. The van der Waals surface area contributed by atoms with Gasteiger partial charge < -0.3 is 20.6 Å². The average Bonchev–Trinajstić information content (AvgIpc) is 3.40. The summed E-state index contributed by atoms with van der Waals surface area (Å²) in [6.45, 7) is 1.93. The molecule has 2 aromatic carbocycles. The molecule has 4 N–H and O–H groups in total. The lowest BCUT2D eigenvalue weighted by atomic mass is 10.1. The minimum Gasteiger partial charge on any atom is -0.383 e. The standard InChI is InChI=1S/C22H22N8/c1-12-20(24)30-16-9-8-13(10-17(16)28(3)21(30)25-12)11-18-19(23)26-22-27(2)14-6-4-5-7-15(14)29(18)22/h4-10H,11,23-24H2,1-3H3. The smallest absolute Gasteiger partial charge is 0.216 e.